The van der Waals surface area contributed by atoms with Crippen molar-refractivity contribution in [3.8, 4) is 5.75 Å². The van der Waals surface area contributed by atoms with Gasteiger partial charge in [0.15, 0.2) is 6.61 Å². The largest absolute Gasteiger partial charge is 0.482 e. The number of anilines is 2. The van der Waals surface area contributed by atoms with Gasteiger partial charge >= 0.3 is 0 Å². The minimum absolute atomic E-state index is 0.0726. The maximum Gasteiger partial charge on any atom is 0.262 e. The van der Waals surface area contributed by atoms with Gasteiger partial charge in [-0.15, -0.1) is 0 Å². The topological polar surface area (TPSA) is 97.3 Å². The third kappa shape index (κ3) is 3.19. The van der Waals surface area contributed by atoms with Gasteiger partial charge in [0.25, 0.3) is 5.91 Å². The predicted octanol–water partition coefficient (Wildman–Crippen LogP) is 1.30. The highest BCUT2D eigenvalue weighted by Crippen LogP contribution is 2.36. The minimum atomic E-state index is -0.577. The second kappa shape index (κ2) is 6.50. The Morgan fingerprint density at radius 1 is 1.50 bits per heavy atom. The summed E-state index contributed by atoms with van der Waals surface area (Å²) in [5.74, 6) is -0.0777. The van der Waals surface area contributed by atoms with Crippen LogP contribution in [-0.4, -0.2) is 35.2 Å². The summed E-state index contributed by atoms with van der Waals surface area (Å²) in [6.07, 6.45) is 3.38. The molecule has 0 aliphatic carbocycles. The van der Waals surface area contributed by atoms with Crippen LogP contribution in [0.25, 0.3) is 0 Å². The lowest BCUT2D eigenvalue weighted by Crippen LogP contribution is -2.30. The van der Waals surface area contributed by atoms with Crippen molar-refractivity contribution in [1.29, 1.82) is 0 Å². The van der Waals surface area contributed by atoms with Crippen LogP contribution in [-0.2, 0) is 16.6 Å². The molecular weight excluding hydrogens is 334 g/mol. The third-order valence-corrected chi connectivity index (χ3v) is 3.88. The Morgan fingerprint density at radius 3 is 2.96 bits per heavy atom. The van der Waals surface area contributed by atoms with Crippen LogP contribution >= 0.6 is 11.6 Å². The molecule has 1 aromatic heterocycles. The molecule has 3 N–H and O–H groups in total. The number of nitrogens with one attached hydrogen (secondary N) is 3. The van der Waals surface area contributed by atoms with Gasteiger partial charge in [-0.3, -0.25) is 14.3 Å². The molecule has 1 aliphatic heterocycles. The van der Waals surface area contributed by atoms with Crippen LogP contribution in [0.1, 0.15) is 11.6 Å². The molecule has 8 nitrogen and oxygen atoms in total. The Hall–Kier alpha value is -2.58. The number of aryl methyl sites for hydroxylation is 1. The zero-order valence-electron chi connectivity index (χ0n) is 13.1. The van der Waals surface area contributed by atoms with E-state index in [4.69, 9.17) is 16.3 Å². The van der Waals surface area contributed by atoms with E-state index in [2.05, 4.69) is 21.0 Å². The smallest absolute Gasteiger partial charge is 0.262 e. The van der Waals surface area contributed by atoms with Gasteiger partial charge in [0.1, 0.15) is 11.8 Å². The number of aromatic nitrogens is 2. The molecular formula is C15H16ClN5O3. The summed E-state index contributed by atoms with van der Waals surface area (Å²) in [5.41, 5.74) is 1.61. The van der Waals surface area contributed by atoms with Gasteiger partial charge in [-0.2, -0.15) is 5.10 Å². The molecule has 3 rings (SSSR count). The second-order valence-electron chi connectivity index (χ2n) is 5.32. The molecule has 1 atom stereocenters. The Bertz CT molecular complexity index is 804. The first-order valence-electron chi connectivity index (χ1n) is 7.21. The van der Waals surface area contributed by atoms with Gasteiger partial charge in [-0.1, -0.05) is 11.6 Å². The van der Waals surface area contributed by atoms with E-state index in [0.717, 1.165) is 5.56 Å². The SMILES string of the molecule is CNC(C(=O)Nc1cc2c(cc1Cl)NC(=O)CO2)c1cnn(C)c1. The summed E-state index contributed by atoms with van der Waals surface area (Å²) in [6.45, 7) is -0.0726. The van der Waals surface area contributed by atoms with Crippen LogP contribution in [0.5, 0.6) is 5.75 Å². The monoisotopic (exact) mass is 349 g/mol. The number of nitrogens with zero attached hydrogens (tertiary/aromatic N) is 2. The average Bonchev–Trinajstić information content (AvgIpc) is 2.95. The van der Waals surface area contributed by atoms with Crippen molar-refractivity contribution in [2.45, 2.75) is 6.04 Å². The van der Waals surface area contributed by atoms with Crippen molar-refractivity contribution in [2.75, 3.05) is 24.3 Å². The van der Waals surface area contributed by atoms with Crippen LogP contribution in [0.3, 0.4) is 0 Å². The summed E-state index contributed by atoms with van der Waals surface area (Å²) < 4.78 is 6.96. The average molecular weight is 350 g/mol. The highest BCUT2D eigenvalue weighted by atomic mass is 35.5. The third-order valence-electron chi connectivity index (χ3n) is 3.57. The molecule has 2 amide bonds. The number of hydrogen-bond donors (Lipinski definition) is 3. The lowest BCUT2D eigenvalue weighted by molar-refractivity contribution is -0.119. The molecule has 1 aliphatic rings. The molecule has 0 fully saturated rings. The van der Waals surface area contributed by atoms with Crippen molar-refractivity contribution in [1.82, 2.24) is 15.1 Å². The highest BCUT2D eigenvalue weighted by molar-refractivity contribution is 6.34. The van der Waals surface area contributed by atoms with E-state index in [9.17, 15) is 9.59 Å². The Morgan fingerprint density at radius 2 is 2.29 bits per heavy atom. The lowest BCUT2D eigenvalue weighted by Gasteiger charge is -2.20. The van der Waals surface area contributed by atoms with Crippen LogP contribution in [0.15, 0.2) is 24.5 Å². The fourth-order valence-electron chi connectivity index (χ4n) is 2.44. The first-order valence-corrected chi connectivity index (χ1v) is 7.58. The van der Waals surface area contributed by atoms with Crippen LogP contribution in [0.2, 0.25) is 5.02 Å². The summed E-state index contributed by atoms with van der Waals surface area (Å²) >= 11 is 6.19. The normalized spacial score (nSPS) is 14.4. The van der Waals surface area contributed by atoms with Gasteiger partial charge in [0, 0.05) is 24.9 Å². The number of rotatable bonds is 4. The van der Waals surface area contributed by atoms with Crippen LogP contribution in [0, 0.1) is 0 Å². The highest BCUT2D eigenvalue weighted by Gasteiger charge is 2.23. The minimum Gasteiger partial charge on any atom is -0.482 e. The van der Waals surface area contributed by atoms with Crippen LogP contribution in [0.4, 0.5) is 11.4 Å². The van der Waals surface area contributed by atoms with E-state index >= 15 is 0 Å². The number of benzene rings is 1. The van der Waals surface area contributed by atoms with Gasteiger partial charge in [-0.05, 0) is 13.1 Å². The quantitative estimate of drug-likeness (QED) is 0.773. The predicted molar refractivity (Wildman–Crippen MR) is 89.2 cm³/mol. The summed E-state index contributed by atoms with van der Waals surface area (Å²) in [6, 6.07) is 2.55. The molecule has 0 saturated carbocycles. The molecule has 0 radical (unpaired) electrons. The first-order chi connectivity index (χ1) is 11.5. The van der Waals surface area contributed by atoms with Crippen molar-refractivity contribution in [2.24, 2.45) is 7.05 Å². The summed E-state index contributed by atoms with van der Waals surface area (Å²) in [7, 11) is 3.46. The fourth-order valence-corrected chi connectivity index (χ4v) is 2.65. The molecule has 1 unspecified atom stereocenters. The number of carbonyl (C=O) groups excluding carboxylic acids is 2. The maximum atomic E-state index is 12.5. The lowest BCUT2D eigenvalue weighted by atomic mass is 10.1. The zero-order valence-corrected chi connectivity index (χ0v) is 13.8. The Balaban J connectivity index is 1.82. The van der Waals surface area contributed by atoms with E-state index < -0.39 is 6.04 Å². The van der Waals surface area contributed by atoms with Crippen molar-refractivity contribution in [3.05, 3.63) is 35.1 Å². The van der Waals surface area contributed by atoms with Crippen molar-refractivity contribution < 1.29 is 14.3 Å². The van der Waals surface area contributed by atoms with Gasteiger partial charge in [0.2, 0.25) is 5.91 Å². The van der Waals surface area contributed by atoms with Gasteiger partial charge in [-0.25, -0.2) is 0 Å². The maximum absolute atomic E-state index is 12.5. The molecule has 9 heteroatoms. The van der Waals surface area contributed by atoms with Crippen LogP contribution < -0.4 is 20.7 Å². The molecule has 2 aromatic rings. The molecule has 1 aromatic carbocycles. The van der Waals surface area contributed by atoms with E-state index in [0.29, 0.717) is 22.1 Å². The van der Waals surface area contributed by atoms with Gasteiger partial charge in [0.05, 0.1) is 22.6 Å². The Labute approximate surface area is 143 Å². The number of ether oxygens (including phenoxy) is 1. The number of halogens is 1. The standard InChI is InChI=1S/C15H16ClN5O3/c1-17-14(8-5-18-21(2)6-8)15(23)20-10-4-12-11(3-9(10)16)19-13(22)7-24-12/h3-6,14,17H,7H2,1-2H3,(H,19,22)(H,20,23). The number of hydrogen-bond acceptors (Lipinski definition) is 5. The molecule has 126 valence electrons. The molecule has 0 bridgehead atoms. The van der Waals surface area contributed by atoms with E-state index in [1.165, 1.54) is 0 Å². The van der Waals surface area contributed by atoms with Crippen molar-refractivity contribution in [3.63, 3.8) is 0 Å². The van der Waals surface area contributed by atoms with Gasteiger partial charge < -0.3 is 20.7 Å². The summed E-state index contributed by atoms with van der Waals surface area (Å²) in [5, 5.41) is 12.7. The summed E-state index contributed by atoms with van der Waals surface area (Å²) in [4.78, 5) is 23.9. The number of amides is 2. The fraction of sp³-hybridized carbons (Fsp3) is 0.267. The molecule has 0 spiro atoms. The van der Waals surface area contributed by atoms with E-state index in [-0.39, 0.29) is 18.4 Å². The van der Waals surface area contributed by atoms with Crippen molar-refractivity contribution >= 4 is 34.8 Å². The number of carbonyl (C=O) groups is 2. The van der Waals surface area contributed by atoms with E-state index in [1.807, 2.05) is 0 Å². The Kier molecular flexibility index (Phi) is 4.41. The molecule has 2 heterocycles. The van der Waals surface area contributed by atoms with E-state index in [1.54, 1.807) is 43.3 Å². The number of fused-ring (bicyclic) bond motifs is 1. The zero-order chi connectivity index (χ0) is 17.3. The number of likely N-dealkylation sites (N-methyl/N-ethyl adjacent to an activating group) is 1. The second-order valence-corrected chi connectivity index (χ2v) is 5.73. The first kappa shape index (κ1) is 16.3. The molecule has 24 heavy (non-hydrogen) atoms. The molecule has 0 saturated heterocycles.